The van der Waals surface area contributed by atoms with E-state index < -0.39 is 11.6 Å². The van der Waals surface area contributed by atoms with E-state index in [4.69, 9.17) is 9.15 Å². The van der Waals surface area contributed by atoms with Gasteiger partial charge in [-0.2, -0.15) is 0 Å². The molecule has 0 saturated carbocycles. The molecule has 124 valence electrons. The van der Waals surface area contributed by atoms with Crippen molar-refractivity contribution in [2.75, 3.05) is 6.61 Å². The third kappa shape index (κ3) is 3.45. The summed E-state index contributed by atoms with van der Waals surface area (Å²) in [6, 6.07) is 10.8. The Bertz CT molecular complexity index is 945. The maximum absolute atomic E-state index is 13.0. The Morgan fingerprint density at radius 3 is 2.92 bits per heavy atom. The number of amides is 1. The van der Waals surface area contributed by atoms with E-state index in [0.717, 1.165) is 5.56 Å². The molecule has 0 bridgehead atoms. The summed E-state index contributed by atoms with van der Waals surface area (Å²) < 4.78 is 24.7. The average Bonchev–Trinajstić information content (AvgIpc) is 2.85. The second-order valence-corrected chi connectivity index (χ2v) is 5.25. The van der Waals surface area contributed by atoms with Gasteiger partial charge in [0.25, 0.3) is 5.91 Å². The highest BCUT2D eigenvalue weighted by atomic mass is 19.1. The SMILES string of the molecule is Cn1c(=O)oc2cc(CNC(=O)COc3cccc(F)c3)ccc21. The van der Waals surface area contributed by atoms with E-state index in [0.29, 0.717) is 11.1 Å². The van der Waals surface area contributed by atoms with Crippen LogP contribution in [-0.4, -0.2) is 17.1 Å². The summed E-state index contributed by atoms with van der Waals surface area (Å²) in [5.41, 5.74) is 1.94. The van der Waals surface area contributed by atoms with Crippen molar-refractivity contribution in [1.29, 1.82) is 0 Å². The molecule has 3 rings (SSSR count). The molecule has 0 saturated heterocycles. The molecule has 1 N–H and O–H groups in total. The van der Waals surface area contributed by atoms with Crippen molar-refractivity contribution in [2.45, 2.75) is 6.54 Å². The number of carbonyl (C=O) groups is 1. The molecule has 0 aliphatic rings. The summed E-state index contributed by atoms with van der Waals surface area (Å²) >= 11 is 0. The first-order valence-corrected chi connectivity index (χ1v) is 7.26. The second-order valence-electron chi connectivity index (χ2n) is 5.25. The number of oxazole rings is 1. The molecule has 1 heterocycles. The number of ether oxygens (including phenoxy) is 1. The van der Waals surface area contributed by atoms with Crippen molar-refractivity contribution in [3.05, 3.63) is 64.4 Å². The topological polar surface area (TPSA) is 73.5 Å². The smallest absolute Gasteiger partial charge is 0.419 e. The summed E-state index contributed by atoms with van der Waals surface area (Å²) in [6.07, 6.45) is 0. The predicted molar refractivity (Wildman–Crippen MR) is 85.2 cm³/mol. The number of aryl methyl sites for hydroxylation is 1. The van der Waals surface area contributed by atoms with E-state index in [9.17, 15) is 14.0 Å². The van der Waals surface area contributed by atoms with Gasteiger partial charge in [0.2, 0.25) is 0 Å². The molecule has 2 aromatic carbocycles. The lowest BCUT2D eigenvalue weighted by Gasteiger charge is -2.07. The Kier molecular flexibility index (Phi) is 4.33. The summed E-state index contributed by atoms with van der Waals surface area (Å²) in [5, 5.41) is 2.69. The standard InChI is InChI=1S/C17H15FN2O4/c1-20-14-6-5-11(7-15(14)24-17(20)22)9-19-16(21)10-23-13-4-2-3-12(18)8-13/h2-8H,9-10H2,1H3,(H,19,21). The highest BCUT2D eigenvalue weighted by Crippen LogP contribution is 2.14. The average molecular weight is 330 g/mol. The van der Waals surface area contributed by atoms with Crippen LogP contribution in [0.1, 0.15) is 5.56 Å². The number of nitrogens with zero attached hydrogens (tertiary/aromatic N) is 1. The maximum Gasteiger partial charge on any atom is 0.419 e. The van der Waals surface area contributed by atoms with Crippen LogP contribution in [-0.2, 0) is 18.4 Å². The molecule has 0 unspecified atom stereocenters. The number of aromatic nitrogens is 1. The first-order valence-electron chi connectivity index (χ1n) is 7.26. The molecule has 24 heavy (non-hydrogen) atoms. The van der Waals surface area contributed by atoms with E-state index in [1.165, 1.54) is 22.8 Å². The minimum Gasteiger partial charge on any atom is -0.484 e. The van der Waals surface area contributed by atoms with Gasteiger partial charge >= 0.3 is 5.76 Å². The molecule has 0 spiro atoms. The molecule has 0 aliphatic carbocycles. The van der Waals surface area contributed by atoms with Crippen molar-refractivity contribution < 1.29 is 18.3 Å². The zero-order valence-corrected chi connectivity index (χ0v) is 12.9. The van der Waals surface area contributed by atoms with E-state index in [1.807, 2.05) is 0 Å². The Morgan fingerprint density at radius 1 is 1.29 bits per heavy atom. The lowest BCUT2D eigenvalue weighted by atomic mass is 10.2. The van der Waals surface area contributed by atoms with Crippen LogP contribution < -0.4 is 15.8 Å². The summed E-state index contributed by atoms with van der Waals surface area (Å²) in [4.78, 5) is 23.2. The van der Waals surface area contributed by atoms with Gasteiger partial charge in [0.05, 0.1) is 5.52 Å². The van der Waals surface area contributed by atoms with Gasteiger partial charge in [-0.3, -0.25) is 9.36 Å². The van der Waals surface area contributed by atoms with Gasteiger partial charge in [-0.15, -0.1) is 0 Å². The Morgan fingerprint density at radius 2 is 2.12 bits per heavy atom. The highest BCUT2D eigenvalue weighted by molar-refractivity contribution is 5.78. The van der Waals surface area contributed by atoms with Gasteiger partial charge < -0.3 is 14.5 Å². The van der Waals surface area contributed by atoms with Gasteiger partial charge in [-0.05, 0) is 29.8 Å². The van der Waals surface area contributed by atoms with E-state index >= 15 is 0 Å². The molecule has 0 aliphatic heterocycles. The quantitative estimate of drug-likeness (QED) is 0.776. The fraction of sp³-hybridized carbons (Fsp3) is 0.176. The monoisotopic (exact) mass is 330 g/mol. The predicted octanol–water partition coefficient (Wildman–Crippen LogP) is 1.97. The van der Waals surface area contributed by atoms with Crippen molar-refractivity contribution in [1.82, 2.24) is 9.88 Å². The first-order chi connectivity index (χ1) is 11.5. The fourth-order valence-electron chi connectivity index (χ4n) is 2.25. The Hall–Kier alpha value is -3.09. The highest BCUT2D eigenvalue weighted by Gasteiger charge is 2.08. The molecule has 6 nitrogen and oxygen atoms in total. The van der Waals surface area contributed by atoms with Crippen molar-refractivity contribution in [3.8, 4) is 5.75 Å². The van der Waals surface area contributed by atoms with Crippen LogP contribution in [0.2, 0.25) is 0 Å². The van der Waals surface area contributed by atoms with Crippen LogP contribution in [0.25, 0.3) is 11.1 Å². The van der Waals surface area contributed by atoms with Gasteiger partial charge in [0.15, 0.2) is 12.2 Å². The molecule has 3 aromatic rings. The van der Waals surface area contributed by atoms with E-state index in [2.05, 4.69) is 5.32 Å². The fourth-order valence-corrected chi connectivity index (χ4v) is 2.25. The van der Waals surface area contributed by atoms with Gasteiger partial charge in [-0.1, -0.05) is 12.1 Å². The van der Waals surface area contributed by atoms with Crippen molar-refractivity contribution in [2.24, 2.45) is 7.05 Å². The Balaban J connectivity index is 1.57. The molecule has 1 amide bonds. The lowest BCUT2D eigenvalue weighted by molar-refractivity contribution is -0.123. The number of rotatable bonds is 5. The largest absolute Gasteiger partial charge is 0.484 e. The minimum absolute atomic E-state index is 0.216. The molecular weight excluding hydrogens is 315 g/mol. The number of hydrogen-bond acceptors (Lipinski definition) is 4. The molecule has 0 fully saturated rings. The maximum atomic E-state index is 13.0. The van der Waals surface area contributed by atoms with Gasteiger partial charge in [0, 0.05) is 19.7 Å². The Labute approximate surface area is 136 Å². The molecule has 0 radical (unpaired) electrons. The van der Waals surface area contributed by atoms with Crippen LogP contribution >= 0.6 is 0 Å². The number of fused-ring (bicyclic) bond motifs is 1. The number of nitrogens with one attached hydrogen (secondary N) is 1. The summed E-state index contributed by atoms with van der Waals surface area (Å²) in [7, 11) is 1.62. The summed E-state index contributed by atoms with van der Waals surface area (Å²) in [6.45, 7) is 0.0476. The number of hydrogen-bond donors (Lipinski definition) is 1. The summed E-state index contributed by atoms with van der Waals surface area (Å²) in [5.74, 6) is -0.910. The zero-order valence-electron chi connectivity index (χ0n) is 12.9. The number of carbonyl (C=O) groups excluding carboxylic acids is 1. The molecular formula is C17H15FN2O4. The zero-order chi connectivity index (χ0) is 17.1. The lowest BCUT2D eigenvalue weighted by Crippen LogP contribution is -2.28. The van der Waals surface area contributed by atoms with E-state index in [-0.39, 0.29) is 24.8 Å². The number of halogens is 1. The molecule has 1 aromatic heterocycles. The minimum atomic E-state index is -0.435. The number of benzene rings is 2. The van der Waals surface area contributed by atoms with E-state index in [1.54, 1.807) is 31.3 Å². The third-order valence-electron chi connectivity index (χ3n) is 3.51. The van der Waals surface area contributed by atoms with Crippen LogP contribution in [0, 0.1) is 5.82 Å². The van der Waals surface area contributed by atoms with Gasteiger partial charge in [-0.25, -0.2) is 9.18 Å². The van der Waals surface area contributed by atoms with Crippen LogP contribution in [0.15, 0.2) is 51.7 Å². The second kappa shape index (κ2) is 6.57. The normalized spacial score (nSPS) is 10.8. The van der Waals surface area contributed by atoms with Crippen molar-refractivity contribution >= 4 is 17.0 Å². The molecule has 7 heteroatoms. The van der Waals surface area contributed by atoms with Crippen LogP contribution in [0.3, 0.4) is 0 Å². The first kappa shape index (κ1) is 15.8. The third-order valence-corrected chi connectivity index (χ3v) is 3.51. The van der Waals surface area contributed by atoms with Gasteiger partial charge in [0.1, 0.15) is 11.6 Å². The van der Waals surface area contributed by atoms with Crippen LogP contribution in [0.5, 0.6) is 5.75 Å². The molecule has 0 atom stereocenters. The van der Waals surface area contributed by atoms with Crippen LogP contribution in [0.4, 0.5) is 4.39 Å². The van der Waals surface area contributed by atoms with Crippen molar-refractivity contribution in [3.63, 3.8) is 0 Å².